The second-order valence-corrected chi connectivity index (χ2v) is 0.702. The van der Waals surface area contributed by atoms with Gasteiger partial charge in [0.15, 0.2) is 0 Å². The third kappa shape index (κ3) is 9900. The summed E-state index contributed by atoms with van der Waals surface area (Å²) in [4.78, 5) is 1.50. The van der Waals surface area contributed by atoms with Crippen LogP contribution >= 0.6 is 0 Å². The molecule has 0 heterocycles. The Bertz CT molecular complexity index is 86.7. The van der Waals surface area contributed by atoms with Crippen LogP contribution in [0.15, 0.2) is 0 Å². The number of rotatable bonds is 0. The van der Waals surface area contributed by atoms with Crippen LogP contribution in [0.3, 0.4) is 0 Å². The van der Waals surface area contributed by atoms with E-state index in [1.165, 1.54) is 4.91 Å². The average molecular weight is 249 g/mol. The second kappa shape index (κ2) is 73.1. The summed E-state index contributed by atoms with van der Waals surface area (Å²) in [5.74, 6) is 0. The molecule has 0 saturated carbocycles. The molecular weight excluding hydrogens is 237 g/mol. The van der Waals surface area contributed by atoms with Crippen LogP contribution in [0, 0.1) is 0 Å². The first-order chi connectivity index (χ1) is 3.15. The van der Waals surface area contributed by atoms with Crippen molar-refractivity contribution in [1.29, 1.82) is 0 Å². The summed E-state index contributed by atoms with van der Waals surface area (Å²) in [7, 11) is 0. The zero-order valence-corrected chi connectivity index (χ0v) is 7.99. The van der Waals surface area contributed by atoms with Gasteiger partial charge in [0.25, 0.3) is 0 Å². The maximum Gasteiger partial charge on any atom is 3.00 e. The fraction of sp³-hybridized carbons (Fsp3) is 0. The Morgan fingerprint density at radius 2 is 1.00 bits per heavy atom. The second-order valence-electron chi connectivity index (χ2n) is 0.294. The van der Waals surface area contributed by atoms with Crippen molar-refractivity contribution in [2.75, 3.05) is 0 Å². The summed E-state index contributed by atoms with van der Waals surface area (Å²) < 4.78 is 25.3. The fourth-order valence-electron chi connectivity index (χ4n) is 0. The van der Waals surface area contributed by atoms with E-state index in [4.69, 9.17) is 24.4 Å². The maximum atomic E-state index is 8.44. The van der Waals surface area contributed by atoms with E-state index in [1.54, 1.807) is 0 Å². The van der Waals surface area contributed by atoms with E-state index in [0.29, 0.717) is 0 Å². The first kappa shape index (κ1) is 60.4. The van der Waals surface area contributed by atoms with Crippen LogP contribution in [0.1, 0.15) is 0 Å². The van der Waals surface area contributed by atoms with Gasteiger partial charge in [-0.05, 0) is 0 Å². The Balaban J connectivity index is -0.00000000597. The first-order valence-electron chi connectivity index (χ1n) is 0.900. The third-order valence-electron chi connectivity index (χ3n) is 0. The van der Waals surface area contributed by atoms with Crippen LogP contribution in [-0.4, -0.2) is 13.3 Å². The van der Waals surface area contributed by atoms with E-state index in [1.807, 2.05) is 0 Å². The van der Waals surface area contributed by atoms with E-state index < -0.39 is 11.4 Å². The molecule has 0 unspecified atom stereocenters. The topological polar surface area (TPSA) is 262 Å². The van der Waals surface area contributed by atoms with Crippen LogP contribution in [0.2, 0.25) is 0 Å². The van der Waals surface area contributed by atoms with Crippen molar-refractivity contribution in [3.8, 4) is 0 Å². The van der Waals surface area contributed by atoms with E-state index in [2.05, 4.69) is 0 Å². The minimum absolute atomic E-state index is 0. The molecule has 0 aromatic carbocycles. The van der Waals surface area contributed by atoms with Gasteiger partial charge in [0.05, 0.1) is 0 Å². The first-order valence-corrected chi connectivity index (χ1v) is 1.90. The van der Waals surface area contributed by atoms with Crippen molar-refractivity contribution < 1.29 is 30.1 Å². The number of nitrogens with zero attached hydrogens (tertiary/aromatic N) is 3. The van der Waals surface area contributed by atoms with Gasteiger partial charge in [-0.3, -0.25) is 9.12 Å². The molecular formula is H12CoN7O3S. The Labute approximate surface area is 82.5 Å². The molecule has 0 aliphatic carbocycles. The van der Waals surface area contributed by atoms with Gasteiger partial charge in [-0.2, -0.15) is 0 Å². The van der Waals surface area contributed by atoms with Crippen LogP contribution in [0.5, 0.6) is 0 Å². The maximum absolute atomic E-state index is 8.44. The van der Waals surface area contributed by atoms with Gasteiger partial charge in [-0.15, -0.1) is 11.4 Å². The molecule has 0 rings (SSSR count). The number of hydrogen-bond acceptors (Lipinski definition) is 7. The quantitative estimate of drug-likeness (QED) is 0.204. The van der Waals surface area contributed by atoms with Crippen molar-refractivity contribution in [1.82, 2.24) is 24.6 Å². The monoisotopic (exact) mass is 249 g/mol. The third-order valence-corrected chi connectivity index (χ3v) is 0. The summed E-state index contributed by atoms with van der Waals surface area (Å²) in [5.41, 5.74) is 13.5. The molecule has 0 saturated heterocycles. The van der Waals surface area contributed by atoms with Crippen LogP contribution < -0.4 is 24.6 Å². The van der Waals surface area contributed by atoms with Crippen LogP contribution in [0.25, 0.3) is 16.0 Å². The van der Waals surface area contributed by atoms with E-state index in [0.717, 1.165) is 0 Å². The number of hydrogen-bond donors (Lipinski definition) is 4. The molecule has 0 spiro atoms. The molecule has 12 N–H and O–H groups in total. The molecule has 12 heavy (non-hydrogen) atoms. The zero-order valence-electron chi connectivity index (χ0n) is 6.14. The Morgan fingerprint density at radius 3 is 1.00 bits per heavy atom. The summed E-state index contributed by atoms with van der Waals surface area (Å²) in [5, 5.41) is 0. The largest absolute Gasteiger partial charge is 3.00 e. The van der Waals surface area contributed by atoms with Gasteiger partial charge in [-0.25, -0.2) is 0 Å². The Morgan fingerprint density at radius 1 is 1.00 bits per heavy atom. The SMILES string of the molecule is N.N.N.N.O=S([O-])[O-].[Co+3].[N-]=[N+]=[N-]. The summed E-state index contributed by atoms with van der Waals surface area (Å²) in [6.07, 6.45) is 0. The standard InChI is InChI=1S/Co.N3.4H3N.H2O3S/c;1-3-2;;;;;1-4(2)3/h;;4*1H3;(H2,1,2,3)/q+3;-1;;;;;/p-2. The summed E-state index contributed by atoms with van der Waals surface area (Å²) in [6.45, 7) is 0. The molecule has 0 fully saturated rings. The summed E-state index contributed by atoms with van der Waals surface area (Å²) >= 11 is -3.11. The van der Waals surface area contributed by atoms with Crippen molar-refractivity contribution in [2.24, 2.45) is 0 Å². The van der Waals surface area contributed by atoms with E-state index in [9.17, 15) is 0 Å². The molecule has 0 aliphatic heterocycles. The van der Waals surface area contributed by atoms with Gasteiger partial charge < -0.3 is 44.8 Å². The van der Waals surface area contributed by atoms with Gasteiger partial charge in [0.2, 0.25) is 0 Å². The molecule has 0 amide bonds. The minimum atomic E-state index is -3.11. The Kier molecular flexibility index (Phi) is 368. The molecule has 0 aromatic rings. The zero-order chi connectivity index (χ0) is 6.28. The predicted octanol–water partition coefficient (Wildman–Crippen LogP) is 0.507. The van der Waals surface area contributed by atoms with E-state index >= 15 is 0 Å². The molecule has 0 radical (unpaired) electrons. The average Bonchev–Trinajstić information content (AvgIpc) is 1.33. The molecule has 0 aliphatic rings. The van der Waals surface area contributed by atoms with Gasteiger partial charge in [-0.1, -0.05) is 0 Å². The molecule has 0 aromatic heterocycles. The van der Waals surface area contributed by atoms with Crippen LogP contribution in [0.4, 0.5) is 0 Å². The molecule has 0 bridgehead atoms. The van der Waals surface area contributed by atoms with Gasteiger partial charge in [0.1, 0.15) is 0 Å². The van der Waals surface area contributed by atoms with Crippen molar-refractivity contribution in [3.63, 3.8) is 0 Å². The van der Waals surface area contributed by atoms with Crippen LogP contribution in [-0.2, 0) is 28.1 Å². The van der Waals surface area contributed by atoms with E-state index in [-0.39, 0.29) is 41.4 Å². The van der Waals surface area contributed by atoms with Crippen molar-refractivity contribution in [3.05, 3.63) is 16.0 Å². The Hall–Kier alpha value is -0.274. The van der Waals surface area contributed by atoms with Gasteiger partial charge >= 0.3 is 16.8 Å². The smallest absolute Gasteiger partial charge is 0.784 e. The normalized spacial score (nSPS) is 3.58. The fourth-order valence-corrected chi connectivity index (χ4v) is 0. The summed E-state index contributed by atoms with van der Waals surface area (Å²) in [6, 6.07) is 0. The van der Waals surface area contributed by atoms with Crippen molar-refractivity contribution in [2.45, 2.75) is 0 Å². The molecule has 12 heteroatoms. The molecule has 80 valence electrons. The molecule has 10 nitrogen and oxygen atoms in total. The van der Waals surface area contributed by atoms with Crippen molar-refractivity contribution >= 4 is 11.4 Å². The predicted molar refractivity (Wildman–Crippen MR) is 39.9 cm³/mol. The molecule has 0 atom stereocenters. The van der Waals surface area contributed by atoms with Gasteiger partial charge in [0, 0.05) is 0 Å². The minimum Gasteiger partial charge on any atom is -0.784 e.